The predicted octanol–water partition coefficient (Wildman–Crippen LogP) is 1.71. The van der Waals surface area contributed by atoms with Crippen LogP contribution in [0.25, 0.3) is 10.7 Å². The topological polar surface area (TPSA) is 76.8 Å². The van der Waals surface area contributed by atoms with Gasteiger partial charge in [-0.05, 0) is 24.3 Å². The maximum Gasteiger partial charge on any atom is 0.191 e. The highest BCUT2D eigenvalue weighted by Crippen LogP contribution is 2.31. The van der Waals surface area contributed by atoms with E-state index in [2.05, 4.69) is 15.2 Å². The molecule has 0 spiro atoms. The smallest absolute Gasteiger partial charge is 0.191 e. The maximum atomic E-state index is 5.77. The molecular formula is C11H14N4OS. The van der Waals surface area contributed by atoms with E-state index in [1.54, 1.807) is 11.3 Å². The van der Waals surface area contributed by atoms with Gasteiger partial charge < -0.3 is 10.5 Å². The lowest BCUT2D eigenvalue weighted by Crippen LogP contribution is -2.19. The fourth-order valence-electron chi connectivity index (χ4n) is 2.01. The predicted molar refractivity (Wildman–Crippen MR) is 65.6 cm³/mol. The van der Waals surface area contributed by atoms with Gasteiger partial charge in [-0.15, -0.1) is 11.3 Å². The molecule has 0 saturated carbocycles. The van der Waals surface area contributed by atoms with Crippen LogP contribution >= 0.6 is 11.3 Å². The average Bonchev–Trinajstić information content (AvgIpc) is 3.09. The number of ether oxygens (including phenoxy) is 1. The van der Waals surface area contributed by atoms with Gasteiger partial charge in [0.05, 0.1) is 11.0 Å². The third-order valence-corrected chi connectivity index (χ3v) is 3.79. The lowest BCUT2D eigenvalue weighted by molar-refractivity contribution is 0.0450. The highest BCUT2D eigenvalue weighted by atomic mass is 32.1. The van der Waals surface area contributed by atoms with E-state index in [-0.39, 0.29) is 12.2 Å². The van der Waals surface area contributed by atoms with Gasteiger partial charge in [0.1, 0.15) is 6.10 Å². The van der Waals surface area contributed by atoms with E-state index in [0.717, 1.165) is 29.4 Å². The zero-order valence-electron chi connectivity index (χ0n) is 9.30. The Hall–Kier alpha value is -1.24. The minimum Gasteiger partial charge on any atom is -0.366 e. The molecule has 0 amide bonds. The second-order valence-electron chi connectivity index (χ2n) is 4.08. The van der Waals surface area contributed by atoms with Crippen LogP contribution in [0.2, 0.25) is 0 Å². The summed E-state index contributed by atoms with van der Waals surface area (Å²) in [7, 11) is 0. The Labute approximate surface area is 103 Å². The van der Waals surface area contributed by atoms with Gasteiger partial charge in [-0.2, -0.15) is 5.10 Å². The van der Waals surface area contributed by atoms with Crippen molar-refractivity contribution in [2.45, 2.75) is 25.0 Å². The van der Waals surface area contributed by atoms with Crippen molar-refractivity contribution in [1.82, 2.24) is 15.2 Å². The number of nitrogens with zero attached hydrogens (tertiary/aromatic N) is 2. The molecule has 3 N–H and O–H groups in total. The van der Waals surface area contributed by atoms with Gasteiger partial charge in [0.2, 0.25) is 0 Å². The lowest BCUT2D eigenvalue weighted by atomic mass is 10.2. The number of aromatic nitrogens is 3. The monoisotopic (exact) mass is 250 g/mol. The van der Waals surface area contributed by atoms with Gasteiger partial charge in [0.15, 0.2) is 11.6 Å². The van der Waals surface area contributed by atoms with Crippen molar-refractivity contribution < 1.29 is 4.74 Å². The highest BCUT2D eigenvalue weighted by Gasteiger charge is 2.28. The molecule has 3 heterocycles. The zero-order chi connectivity index (χ0) is 11.7. The van der Waals surface area contributed by atoms with Crippen molar-refractivity contribution in [1.29, 1.82) is 0 Å². The van der Waals surface area contributed by atoms with E-state index in [0.29, 0.717) is 6.54 Å². The fraction of sp³-hybridized carbons (Fsp3) is 0.455. The Morgan fingerprint density at radius 2 is 2.47 bits per heavy atom. The molecule has 90 valence electrons. The average molecular weight is 250 g/mol. The van der Waals surface area contributed by atoms with Crippen molar-refractivity contribution in [3.63, 3.8) is 0 Å². The number of nitrogens with two attached hydrogens (primary N) is 1. The first-order valence-corrected chi connectivity index (χ1v) is 6.56. The molecule has 2 aromatic heterocycles. The number of H-pyrrole nitrogens is 1. The van der Waals surface area contributed by atoms with Gasteiger partial charge in [-0.1, -0.05) is 6.07 Å². The van der Waals surface area contributed by atoms with Crippen LogP contribution in [0.1, 0.15) is 24.8 Å². The summed E-state index contributed by atoms with van der Waals surface area (Å²) in [5.74, 6) is 1.55. The van der Waals surface area contributed by atoms with Crippen molar-refractivity contribution in [3.05, 3.63) is 23.3 Å². The summed E-state index contributed by atoms with van der Waals surface area (Å²) in [5, 5.41) is 9.19. The van der Waals surface area contributed by atoms with Crippen molar-refractivity contribution in [2.24, 2.45) is 5.73 Å². The highest BCUT2D eigenvalue weighted by molar-refractivity contribution is 7.13. The Balaban J connectivity index is 1.77. The zero-order valence-corrected chi connectivity index (χ0v) is 10.1. The summed E-state index contributed by atoms with van der Waals surface area (Å²) >= 11 is 1.63. The first-order valence-electron chi connectivity index (χ1n) is 5.68. The molecule has 2 atom stereocenters. The standard InChI is InChI=1S/C11H14N4OS/c12-6-7-3-4-8(16-7)10-13-11(15-14-10)9-2-1-5-17-9/h1-2,5,7-8H,3-4,6,12H2,(H,13,14,15). The molecule has 5 nitrogen and oxygen atoms in total. The summed E-state index contributed by atoms with van der Waals surface area (Å²) in [6.07, 6.45) is 2.14. The molecule has 0 aromatic carbocycles. The summed E-state index contributed by atoms with van der Waals surface area (Å²) in [6, 6.07) is 4.00. The fourth-order valence-corrected chi connectivity index (χ4v) is 2.67. The molecule has 6 heteroatoms. The third-order valence-electron chi connectivity index (χ3n) is 2.92. The van der Waals surface area contributed by atoms with E-state index in [4.69, 9.17) is 10.5 Å². The van der Waals surface area contributed by atoms with Crippen molar-refractivity contribution >= 4 is 11.3 Å². The Bertz CT molecular complexity index is 481. The second-order valence-corrected chi connectivity index (χ2v) is 5.03. The number of thiophene rings is 1. The number of rotatable bonds is 3. The van der Waals surface area contributed by atoms with E-state index in [1.807, 2.05) is 17.5 Å². The molecule has 2 aromatic rings. The van der Waals surface area contributed by atoms with Crippen LogP contribution in [0.15, 0.2) is 17.5 Å². The van der Waals surface area contributed by atoms with Crippen molar-refractivity contribution in [2.75, 3.05) is 6.54 Å². The molecule has 1 aliphatic rings. The summed E-state index contributed by atoms with van der Waals surface area (Å²) in [4.78, 5) is 5.55. The van der Waals surface area contributed by atoms with Gasteiger partial charge in [-0.25, -0.2) is 4.98 Å². The van der Waals surface area contributed by atoms with Crippen LogP contribution in [0.4, 0.5) is 0 Å². The second kappa shape index (κ2) is 4.56. The quantitative estimate of drug-likeness (QED) is 0.869. The van der Waals surface area contributed by atoms with Gasteiger partial charge in [0, 0.05) is 6.54 Å². The normalized spacial score (nSPS) is 24.3. The van der Waals surface area contributed by atoms with Crippen LogP contribution in [-0.2, 0) is 4.74 Å². The van der Waals surface area contributed by atoms with Gasteiger partial charge >= 0.3 is 0 Å². The van der Waals surface area contributed by atoms with E-state index >= 15 is 0 Å². The van der Waals surface area contributed by atoms with E-state index in [9.17, 15) is 0 Å². The van der Waals surface area contributed by atoms with E-state index in [1.165, 1.54) is 0 Å². The first-order chi connectivity index (χ1) is 8.36. The summed E-state index contributed by atoms with van der Waals surface area (Å²) < 4.78 is 5.77. The summed E-state index contributed by atoms with van der Waals surface area (Å²) in [6.45, 7) is 0.572. The molecule has 0 bridgehead atoms. The van der Waals surface area contributed by atoms with Gasteiger partial charge in [0.25, 0.3) is 0 Å². The Kier molecular flexibility index (Phi) is 2.92. The van der Waals surface area contributed by atoms with Crippen LogP contribution in [0.3, 0.4) is 0 Å². The first kappa shape index (κ1) is 10.9. The molecular weight excluding hydrogens is 236 g/mol. The largest absolute Gasteiger partial charge is 0.366 e. The minimum absolute atomic E-state index is 0.0183. The molecule has 0 radical (unpaired) electrons. The third kappa shape index (κ3) is 2.11. The number of aromatic amines is 1. The molecule has 1 saturated heterocycles. The van der Waals surface area contributed by atoms with Gasteiger partial charge in [-0.3, -0.25) is 5.10 Å². The Morgan fingerprint density at radius 3 is 3.18 bits per heavy atom. The molecule has 1 aliphatic heterocycles. The number of hydrogen-bond acceptors (Lipinski definition) is 5. The summed E-state index contributed by atoms with van der Waals surface area (Å²) in [5.41, 5.74) is 5.59. The van der Waals surface area contributed by atoms with Crippen LogP contribution < -0.4 is 5.73 Å². The van der Waals surface area contributed by atoms with E-state index < -0.39 is 0 Å². The van der Waals surface area contributed by atoms with Crippen molar-refractivity contribution in [3.8, 4) is 10.7 Å². The lowest BCUT2D eigenvalue weighted by Gasteiger charge is -2.08. The number of hydrogen-bond donors (Lipinski definition) is 2. The van der Waals surface area contributed by atoms with Crippen LogP contribution in [-0.4, -0.2) is 27.8 Å². The minimum atomic E-state index is 0.0183. The maximum absolute atomic E-state index is 5.77. The molecule has 2 unspecified atom stereocenters. The molecule has 1 fully saturated rings. The molecule has 3 rings (SSSR count). The van der Waals surface area contributed by atoms with Crippen LogP contribution in [0.5, 0.6) is 0 Å². The molecule has 0 aliphatic carbocycles. The Morgan fingerprint density at radius 1 is 1.53 bits per heavy atom. The molecule has 17 heavy (non-hydrogen) atoms. The SMILES string of the molecule is NCC1CCC(c2nc(-c3cccs3)n[nH]2)O1. The number of nitrogens with one attached hydrogen (secondary N) is 1. The van der Waals surface area contributed by atoms with Crippen LogP contribution in [0, 0.1) is 0 Å².